The Kier molecular flexibility index (Phi) is 6.21. The fraction of sp³-hybridized carbons (Fsp3) is 0.500. The monoisotopic (exact) mass is 324 g/mol. The zero-order chi connectivity index (χ0) is 16.9. The molecule has 22 heavy (non-hydrogen) atoms. The van der Waals surface area contributed by atoms with E-state index in [9.17, 15) is 4.79 Å². The average Bonchev–Trinajstić information content (AvgIpc) is 2.39. The molecule has 6 heteroatoms. The molecule has 0 aromatic heterocycles. The molecule has 0 bridgehead atoms. The van der Waals surface area contributed by atoms with Gasteiger partial charge < -0.3 is 9.84 Å². The molecule has 2 N–H and O–H groups in total. The van der Waals surface area contributed by atoms with Gasteiger partial charge >= 0.3 is 6.09 Å². The lowest BCUT2D eigenvalue weighted by Gasteiger charge is -2.21. The Hall–Kier alpha value is -1.77. The maximum atomic E-state index is 11.9. The van der Waals surface area contributed by atoms with Crippen molar-refractivity contribution in [1.29, 1.82) is 5.26 Å². The molecule has 0 aliphatic heterocycles. The summed E-state index contributed by atoms with van der Waals surface area (Å²) in [7, 11) is 0. The number of carbonyl (C=O) groups is 1. The van der Waals surface area contributed by atoms with E-state index < -0.39 is 11.7 Å². The van der Waals surface area contributed by atoms with Crippen LogP contribution < -0.4 is 5.32 Å². The highest BCUT2D eigenvalue weighted by molar-refractivity contribution is 6.34. The third-order valence-electron chi connectivity index (χ3n) is 2.96. The van der Waals surface area contributed by atoms with Crippen LogP contribution in [0.1, 0.15) is 51.2 Å². The molecule has 5 nitrogen and oxygen atoms in total. The van der Waals surface area contributed by atoms with Crippen molar-refractivity contribution in [3.8, 4) is 6.07 Å². The summed E-state index contributed by atoms with van der Waals surface area (Å²) in [5, 5.41) is 21.1. The number of halogens is 1. The number of nitriles is 1. The number of hydrogen-bond donors (Lipinski definition) is 2. The quantitative estimate of drug-likeness (QED) is 0.875. The Morgan fingerprint density at radius 2 is 2.14 bits per heavy atom. The molecule has 1 aromatic carbocycles. The second-order valence-corrected chi connectivity index (χ2v) is 6.46. The number of amides is 1. The lowest BCUT2D eigenvalue weighted by Crippen LogP contribution is -2.27. The molecule has 0 aliphatic carbocycles. The highest BCUT2D eigenvalue weighted by Crippen LogP contribution is 2.34. The van der Waals surface area contributed by atoms with Crippen LogP contribution in [0.5, 0.6) is 0 Å². The normalized spacial score (nSPS) is 12.4. The first-order valence-corrected chi connectivity index (χ1v) is 7.40. The van der Waals surface area contributed by atoms with Crippen LogP contribution in [0.3, 0.4) is 0 Å². The molecule has 0 saturated heterocycles. The highest BCUT2D eigenvalue weighted by atomic mass is 35.5. The van der Waals surface area contributed by atoms with E-state index >= 15 is 0 Å². The molecule has 0 fully saturated rings. The maximum absolute atomic E-state index is 11.9. The number of aliphatic hydroxyl groups excluding tert-OH is 1. The smallest absolute Gasteiger partial charge is 0.412 e. The summed E-state index contributed by atoms with van der Waals surface area (Å²) in [6.45, 7) is 7.19. The summed E-state index contributed by atoms with van der Waals surface area (Å²) in [6, 6.07) is 5.21. The Balaban J connectivity index is 3.12. The van der Waals surface area contributed by atoms with Crippen LogP contribution in [0.25, 0.3) is 0 Å². The van der Waals surface area contributed by atoms with Gasteiger partial charge in [0.15, 0.2) is 0 Å². The van der Waals surface area contributed by atoms with Gasteiger partial charge in [-0.05, 0) is 50.8 Å². The first kappa shape index (κ1) is 18.3. The predicted molar refractivity (Wildman–Crippen MR) is 86.1 cm³/mol. The summed E-state index contributed by atoms with van der Waals surface area (Å²) < 4.78 is 5.19. The van der Waals surface area contributed by atoms with Crippen molar-refractivity contribution in [1.82, 2.24) is 0 Å². The SMILES string of the molecule is CC(CCO)c1cc(C#N)cc(NC(=O)OC(C)(C)C)c1Cl. The van der Waals surface area contributed by atoms with Crippen molar-refractivity contribution in [3.05, 3.63) is 28.3 Å². The van der Waals surface area contributed by atoms with E-state index in [0.29, 0.717) is 28.3 Å². The first-order valence-electron chi connectivity index (χ1n) is 7.02. The number of anilines is 1. The molecule has 0 aliphatic rings. The van der Waals surface area contributed by atoms with Gasteiger partial charge in [-0.3, -0.25) is 5.32 Å². The number of rotatable bonds is 4. The zero-order valence-corrected chi connectivity index (χ0v) is 14.0. The summed E-state index contributed by atoms with van der Waals surface area (Å²) in [5.74, 6) is -0.0370. The minimum absolute atomic E-state index is 0.0170. The standard InChI is InChI=1S/C16H21ClN2O3/c1-10(5-6-20)12-7-11(9-18)8-13(14(12)17)19-15(21)22-16(2,3)4/h7-8,10,20H,5-6H2,1-4H3,(H,19,21). The number of aliphatic hydroxyl groups is 1. The van der Waals surface area contributed by atoms with Crippen LogP contribution in [-0.2, 0) is 4.74 Å². The van der Waals surface area contributed by atoms with E-state index in [1.807, 2.05) is 13.0 Å². The van der Waals surface area contributed by atoms with Crippen molar-refractivity contribution < 1.29 is 14.6 Å². The van der Waals surface area contributed by atoms with E-state index in [4.69, 9.17) is 26.7 Å². The molecular weight excluding hydrogens is 304 g/mol. The molecule has 0 saturated carbocycles. The van der Waals surface area contributed by atoms with Crippen LogP contribution >= 0.6 is 11.6 Å². The zero-order valence-electron chi connectivity index (χ0n) is 13.2. The maximum Gasteiger partial charge on any atom is 0.412 e. The lowest BCUT2D eigenvalue weighted by molar-refractivity contribution is 0.0636. The van der Waals surface area contributed by atoms with Crippen LogP contribution in [0.2, 0.25) is 5.02 Å². The number of hydrogen-bond acceptors (Lipinski definition) is 4. The Morgan fingerprint density at radius 3 is 2.64 bits per heavy atom. The van der Waals surface area contributed by atoms with E-state index in [2.05, 4.69) is 5.32 Å². The van der Waals surface area contributed by atoms with E-state index in [1.54, 1.807) is 26.8 Å². The van der Waals surface area contributed by atoms with Gasteiger partial charge in [-0.25, -0.2) is 4.79 Å². The van der Waals surface area contributed by atoms with Crippen molar-refractivity contribution in [2.75, 3.05) is 11.9 Å². The molecule has 0 heterocycles. The third kappa shape index (κ3) is 5.21. The second kappa shape index (κ2) is 7.48. The van der Waals surface area contributed by atoms with Crippen molar-refractivity contribution in [2.45, 2.75) is 45.6 Å². The fourth-order valence-electron chi connectivity index (χ4n) is 1.92. The van der Waals surface area contributed by atoms with Crippen LogP contribution in [-0.4, -0.2) is 23.4 Å². The van der Waals surface area contributed by atoms with Gasteiger partial charge in [-0.15, -0.1) is 0 Å². The molecule has 1 atom stereocenters. The lowest BCUT2D eigenvalue weighted by atomic mass is 9.95. The fourth-order valence-corrected chi connectivity index (χ4v) is 2.27. The predicted octanol–water partition coefficient (Wildman–Crippen LogP) is 4.04. The highest BCUT2D eigenvalue weighted by Gasteiger charge is 2.20. The molecule has 0 spiro atoms. The topological polar surface area (TPSA) is 82.4 Å². The summed E-state index contributed by atoms with van der Waals surface area (Å²) >= 11 is 6.32. The first-order chi connectivity index (χ1) is 10.2. The molecular formula is C16H21ClN2O3. The Bertz CT molecular complexity index is 588. The molecule has 120 valence electrons. The molecule has 1 aromatic rings. The molecule has 1 amide bonds. The third-order valence-corrected chi connectivity index (χ3v) is 3.38. The second-order valence-electron chi connectivity index (χ2n) is 6.08. The number of benzene rings is 1. The largest absolute Gasteiger partial charge is 0.444 e. The van der Waals surface area contributed by atoms with Crippen molar-refractivity contribution in [2.24, 2.45) is 0 Å². The number of nitrogens with zero attached hydrogens (tertiary/aromatic N) is 1. The minimum atomic E-state index is -0.634. The van der Waals surface area contributed by atoms with Crippen LogP contribution in [0.4, 0.5) is 10.5 Å². The van der Waals surface area contributed by atoms with Gasteiger partial charge in [0, 0.05) is 6.61 Å². The van der Waals surface area contributed by atoms with Crippen LogP contribution in [0, 0.1) is 11.3 Å². The van der Waals surface area contributed by atoms with Crippen LogP contribution in [0.15, 0.2) is 12.1 Å². The molecule has 0 radical (unpaired) electrons. The Morgan fingerprint density at radius 1 is 1.50 bits per heavy atom. The van der Waals surface area contributed by atoms with Gasteiger partial charge in [0.1, 0.15) is 5.60 Å². The summed E-state index contributed by atoms with van der Waals surface area (Å²) in [6.07, 6.45) is -0.120. The van der Waals surface area contributed by atoms with Crippen molar-refractivity contribution >= 4 is 23.4 Å². The number of ether oxygens (including phenoxy) is 1. The van der Waals surface area contributed by atoms with Gasteiger partial charge in [-0.2, -0.15) is 5.26 Å². The molecule has 1 unspecified atom stereocenters. The minimum Gasteiger partial charge on any atom is -0.444 e. The summed E-state index contributed by atoms with van der Waals surface area (Å²) in [4.78, 5) is 11.9. The van der Waals surface area contributed by atoms with Gasteiger partial charge in [0.05, 0.1) is 22.3 Å². The summed E-state index contributed by atoms with van der Waals surface area (Å²) in [5.41, 5.74) is 0.794. The van der Waals surface area contributed by atoms with E-state index in [1.165, 1.54) is 6.07 Å². The number of carbonyl (C=O) groups excluding carboxylic acids is 1. The van der Waals surface area contributed by atoms with Gasteiger partial charge in [0.2, 0.25) is 0 Å². The van der Waals surface area contributed by atoms with E-state index in [0.717, 1.165) is 0 Å². The number of nitrogens with one attached hydrogen (secondary N) is 1. The average molecular weight is 325 g/mol. The molecule has 1 rings (SSSR count). The Labute approximate surface area is 135 Å². The van der Waals surface area contributed by atoms with Crippen molar-refractivity contribution in [3.63, 3.8) is 0 Å². The van der Waals surface area contributed by atoms with Gasteiger partial charge in [-0.1, -0.05) is 18.5 Å². The van der Waals surface area contributed by atoms with Gasteiger partial charge in [0.25, 0.3) is 0 Å². The van der Waals surface area contributed by atoms with E-state index in [-0.39, 0.29) is 12.5 Å².